The molecule has 1 aromatic heterocycles. The number of amides is 7. The van der Waals surface area contributed by atoms with E-state index in [9.17, 15) is 43.8 Å². The minimum absolute atomic E-state index is 0.0393. The lowest BCUT2D eigenvalue weighted by Gasteiger charge is -2.24. The Labute approximate surface area is 389 Å². The Morgan fingerprint density at radius 2 is 1.54 bits per heavy atom. The lowest BCUT2D eigenvalue weighted by atomic mass is 9.89. The molecule has 0 spiro atoms. The van der Waals surface area contributed by atoms with Crippen molar-refractivity contribution < 1.29 is 62.7 Å². The molecule has 1 saturated carbocycles. The number of hydrogen-bond donors (Lipinski definition) is 9. The van der Waals surface area contributed by atoms with Crippen molar-refractivity contribution in [2.45, 2.75) is 109 Å². The van der Waals surface area contributed by atoms with Crippen molar-refractivity contribution in [3.05, 3.63) is 41.2 Å². The third-order valence-corrected chi connectivity index (χ3v) is 11.9. The number of nitrogens with two attached hydrogens (primary N) is 1. The van der Waals surface area contributed by atoms with Gasteiger partial charge < -0.3 is 66.8 Å². The van der Waals surface area contributed by atoms with Crippen LogP contribution in [0.25, 0.3) is 0 Å². The van der Waals surface area contributed by atoms with Crippen LogP contribution in [0.2, 0.25) is 0 Å². The number of rotatable bonds is 28. The third-order valence-electron chi connectivity index (χ3n) is 11.9. The Bertz CT molecular complexity index is 1980. The molecule has 1 aromatic carbocycles. The van der Waals surface area contributed by atoms with Gasteiger partial charge in [-0.05, 0) is 69.1 Å². The highest BCUT2D eigenvalue weighted by Crippen LogP contribution is 2.60. The first-order chi connectivity index (χ1) is 32.0. The van der Waals surface area contributed by atoms with Crippen molar-refractivity contribution in [2.75, 3.05) is 65.0 Å². The van der Waals surface area contributed by atoms with E-state index in [1.165, 1.54) is 7.05 Å². The fourth-order valence-electron chi connectivity index (χ4n) is 7.98. The second-order valence-corrected chi connectivity index (χ2v) is 16.9. The van der Waals surface area contributed by atoms with Crippen LogP contribution in [-0.4, -0.2) is 144 Å². The number of benzene rings is 1. The number of aliphatic hydroxyl groups is 2. The van der Waals surface area contributed by atoms with Crippen LogP contribution in [0.4, 0.5) is 20.1 Å². The Balaban J connectivity index is 1.21. The van der Waals surface area contributed by atoms with E-state index in [0.717, 1.165) is 5.69 Å². The van der Waals surface area contributed by atoms with Gasteiger partial charge in [0, 0.05) is 57.5 Å². The van der Waals surface area contributed by atoms with Crippen LogP contribution in [0.1, 0.15) is 82.7 Å². The number of hydrogen-bond acceptors (Lipinski definition) is 15. The number of Topliss-reactive ketones (excluding diaryl/α,β-unsaturated/α-hetero) is 1. The number of anilines is 1. The summed E-state index contributed by atoms with van der Waals surface area (Å²) in [5.41, 5.74) is 4.90. The van der Waals surface area contributed by atoms with Gasteiger partial charge in [-0.3, -0.25) is 19.2 Å². The van der Waals surface area contributed by atoms with Crippen LogP contribution in [-0.2, 0) is 64.1 Å². The lowest BCUT2D eigenvalue weighted by molar-refractivity contribution is -0.131. The van der Waals surface area contributed by atoms with Gasteiger partial charge in [-0.1, -0.05) is 31.2 Å². The van der Waals surface area contributed by atoms with Crippen LogP contribution in [0.3, 0.4) is 0 Å². The Morgan fingerprint density at radius 3 is 2.21 bits per heavy atom. The number of ether oxygens (including phenoxy) is 4. The summed E-state index contributed by atoms with van der Waals surface area (Å²) in [4.78, 5) is 86.7. The average Bonchev–Trinajstić information content (AvgIpc) is 3.50. The zero-order valence-electron chi connectivity index (χ0n) is 38.9. The van der Waals surface area contributed by atoms with E-state index in [1.54, 1.807) is 49.7 Å². The number of ketones is 1. The van der Waals surface area contributed by atoms with E-state index in [-0.39, 0.29) is 109 Å². The standard InChI is InChI=1S/C44H68N10O13/c1-5-47-41(60)66-26-29-8-10-31(11-9-29)50-39(58)30(7-6-18-48-40(45)59)25-34(55)38(28(2)3)51-37(57)15-22-65-24-20-54-33-13-17-44(63)35(43(44,62)16-12-32(33)52-53-54)27-67-42(61)49-19-23-64-21-14-36(56)46-4/h8-11,28,30,35,38,62-63H,5-7,12-27H2,1-4H3,(H,46,56)(H,47,60)(H,49,61)(H,50,58)(H,51,57)(H3,45,48,59)/t30-,35?,38+,43?,44?/m1/s1. The SMILES string of the molecule is CCNC(=O)OCc1ccc(NC(=O)[C@H](CCCNC(N)=O)CC(=O)[C@@H](NC(=O)CCOCCn2nnc3c2CCC2(O)C(COC(=O)NCCOCCC(=O)NC)C2(O)CC3)C(C)C)cc1. The lowest BCUT2D eigenvalue weighted by Crippen LogP contribution is -2.45. The number of aryl methyl sites for hydroxylation is 1. The molecule has 67 heavy (non-hydrogen) atoms. The average molecular weight is 945 g/mol. The first-order valence-electron chi connectivity index (χ1n) is 22.8. The molecule has 372 valence electrons. The molecule has 0 bridgehead atoms. The number of aromatic nitrogens is 3. The highest BCUT2D eigenvalue weighted by Gasteiger charge is 2.75. The number of carbonyl (C=O) groups is 7. The van der Waals surface area contributed by atoms with Gasteiger partial charge in [0.1, 0.15) is 24.4 Å². The minimum atomic E-state index is -1.47. The second kappa shape index (κ2) is 26.4. The molecule has 23 heteroatoms. The minimum Gasteiger partial charge on any atom is -0.449 e. The predicted octanol–water partition coefficient (Wildman–Crippen LogP) is 0.584. The highest BCUT2D eigenvalue weighted by molar-refractivity contribution is 5.97. The number of primary amides is 1. The molecular formula is C44H68N10O13. The van der Waals surface area contributed by atoms with Crippen molar-refractivity contribution >= 4 is 47.4 Å². The van der Waals surface area contributed by atoms with Gasteiger partial charge in [0.25, 0.3) is 0 Å². The maximum Gasteiger partial charge on any atom is 0.407 e. The van der Waals surface area contributed by atoms with E-state index in [0.29, 0.717) is 49.3 Å². The summed E-state index contributed by atoms with van der Waals surface area (Å²) < 4.78 is 23.2. The highest BCUT2D eigenvalue weighted by atomic mass is 16.6. The van der Waals surface area contributed by atoms with Crippen molar-refractivity contribution in [3.8, 4) is 0 Å². The summed E-state index contributed by atoms with van der Waals surface area (Å²) in [7, 11) is 1.53. The molecule has 0 aliphatic heterocycles. The summed E-state index contributed by atoms with van der Waals surface area (Å²) in [5.74, 6) is -3.10. The van der Waals surface area contributed by atoms with Crippen LogP contribution < -0.4 is 37.6 Å². The summed E-state index contributed by atoms with van der Waals surface area (Å²) in [6, 6.07) is 5.12. The molecule has 4 rings (SSSR count). The number of alkyl carbamates (subject to hydrolysis) is 2. The quantitative estimate of drug-likeness (QED) is 0.0527. The maximum absolute atomic E-state index is 13.7. The summed E-state index contributed by atoms with van der Waals surface area (Å²) in [6.45, 7) is 6.92. The van der Waals surface area contributed by atoms with Gasteiger partial charge in [0.15, 0.2) is 5.78 Å². The first-order valence-corrected chi connectivity index (χ1v) is 22.8. The summed E-state index contributed by atoms with van der Waals surface area (Å²) in [5, 5.41) is 47.0. The topological polar surface area (TPSA) is 326 Å². The van der Waals surface area contributed by atoms with Gasteiger partial charge in [-0.2, -0.15) is 0 Å². The number of carbonyl (C=O) groups excluding carboxylic acids is 7. The summed E-state index contributed by atoms with van der Waals surface area (Å²) >= 11 is 0. The van der Waals surface area contributed by atoms with Crippen molar-refractivity contribution in [2.24, 2.45) is 23.5 Å². The van der Waals surface area contributed by atoms with Crippen LogP contribution in [0.15, 0.2) is 24.3 Å². The molecule has 1 fully saturated rings. The molecule has 0 radical (unpaired) electrons. The van der Waals surface area contributed by atoms with Crippen molar-refractivity contribution in [1.29, 1.82) is 0 Å². The molecule has 2 aliphatic rings. The summed E-state index contributed by atoms with van der Waals surface area (Å²) in [6.07, 6.45) is 0.394. The van der Waals surface area contributed by atoms with Crippen molar-refractivity contribution in [3.63, 3.8) is 0 Å². The monoisotopic (exact) mass is 944 g/mol. The number of urea groups is 1. The molecule has 10 N–H and O–H groups in total. The van der Waals surface area contributed by atoms with E-state index in [1.807, 2.05) is 0 Å². The zero-order chi connectivity index (χ0) is 49.0. The Hall–Kier alpha value is -5.91. The zero-order valence-corrected chi connectivity index (χ0v) is 38.9. The normalized spacial score (nSPS) is 19.2. The van der Waals surface area contributed by atoms with Gasteiger partial charge in [0.05, 0.1) is 56.3 Å². The third kappa shape index (κ3) is 16.4. The van der Waals surface area contributed by atoms with Crippen molar-refractivity contribution in [1.82, 2.24) is 41.6 Å². The Morgan fingerprint density at radius 1 is 0.866 bits per heavy atom. The van der Waals surface area contributed by atoms with E-state index >= 15 is 0 Å². The number of fused-ring (bicyclic) bond motifs is 2. The van der Waals surface area contributed by atoms with Gasteiger partial charge in [-0.15, -0.1) is 5.10 Å². The second-order valence-electron chi connectivity index (χ2n) is 16.9. The van der Waals surface area contributed by atoms with E-state index in [2.05, 4.69) is 42.2 Å². The number of nitrogens with one attached hydrogen (secondary N) is 6. The fourth-order valence-corrected chi connectivity index (χ4v) is 7.98. The Kier molecular flexibility index (Phi) is 21.2. The molecule has 2 aliphatic carbocycles. The van der Waals surface area contributed by atoms with Crippen LogP contribution >= 0.6 is 0 Å². The van der Waals surface area contributed by atoms with Crippen LogP contribution in [0, 0.1) is 17.8 Å². The fraction of sp³-hybridized carbons (Fsp3) is 0.659. The largest absolute Gasteiger partial charge is 0.449 e. The molecule has 7 amide bonds. The van der Waals surface area contributed by atoms with E-state index < -0.39 is 59.1 Å². The molecular weight excluding hydrogens is 877 g/mol. The number of nitrogens with zero attached hydrogens (tertiary/aromatic N) is 3. The molecule has 5 atom stereocenters. The smallest absolute Gasteiger partial charge is 0.407 e. The van der Waals surface area contributed by atoms with Gasteiger partial charge in [-0.25, -0.2) is 19.1 Å². The van der Waals surface area contributed by atoms with Gasteiger partial charge in [0.2, 0.25) is 17.7 Å². The van der Waals surface area contributed by atoms with Gasteiger partial charge >= 0.3 is 18.2 Å². The van der Waals surface area contributed by atoms with E-state index in [4.69, 9.17) is 24.7 Å². The molecule has 23 nitrogen and oxygen atoms in total. The first kappa shape index (κ1) is 53.7. The molecule has 3 unspecified atom stereocenters. The molecule has 0 saturated heterocycles. The molecule has 2 aromatic rings. The molecule has 1 heterocycles. The predicted molar refractivity (Wildman–Crippen MR) is 240 cm³/mol. The van der Waals surface area contributed by atoms with Crippen LogP contribution in [0.5, 0.6) is 0 Å². The maximum atomic E-state index is 13.7.